The van der Waals surface area contributed by atoms with Gasteiger partial charge in [0.1, 0.15) is 5.78 Å². The maximum absolute atomic E-state index is 12.2. The highest BCUT2D eigenvalue weighted by Crippen LogP contribution is 2.30. The maximum atomic E-state index is 12.2. The first-order valence-electron chi connectivity index (χ1n) is 6.17. The number of rotatable bonds is 2. The Bertz CT molecular complexity index is 257. The van der Waals surface area contributed by atoms with Crippen LogP contribution in [0.1, 0.15) is 44.9 Å². The summed E-state index contributed by atoms with van der Waals surface area (Å²) in [6.07, 6.45) is 10.9. The first-order valence-corrected chi connectivity index (χ1v) is 6.17. The highest BCUT2D eigenvalue weighted by molar-refractivity contribution is 5.85. The zero-order valence-corrected chi connectivity index (χ0v) is 9.19. The van der Waals surface area contributed by atoms with Crippen LogP contribution >= 0.6 is 0 Å². The Labute approximate surface area is 91.4 Å². The van der Waals surface area contributed by atoms with Crippen LogP contribution in [-0.4, -0.2) is 17.0 Å². The molecule has 0 aromatic heterocycles. The number of carbonyl (C=O) groups excluding carboxylic acids is 1. The average Bonchev–Trinajstić information content (AvgIpc) is 2.30. The van der Waals surface area contributed by atoms with E-state index in [2.05, 4.69) is 6.08 Å². The summed E-state index contributed by atoms with van der Waals surface area (Å²) in [5.41, 5.74) is 0. The van der Waals surface area contributed by atoms with Crippen LogP contribution in [0.5, 0.6) is 0 Å². The van der Waals surface area contributed by atoms with Gasteiger partial charge in [0.2, 0.25) is 0 Å². The predicted molar refractivity (Wildman–Crippen MR) is 59.5 cm³/mol. The van der Waals surface area contributed by atoms with Gasteiger partial charge in [-0.25, -0.2) is 0 Å². The Morgan fingerprint density at radius 3 is 2.60 bits per heavy atom. The lowest BCUT2D eigenvalue weighted by molar-refractivity contribution is -0.130. The Hall–Kier alpha value is -0.630. The lowest BCUT2D eigenvalue weighted by atomic mass is 9.77. The number of aliphatic hydroxyl groups is 1. The molecular formula is C13H20O2. The van der Waals surface area contributed by atoms with E-state index in [-0.39, 0.29) is 23.7 Å². The molecule has 1 fully saturated rings. The van der Waals surface area contributed by atoms with Crippen LogP contribution in [0.15, 0.2) is 12.2 Å². The molecule has 0 radical (unpaired) electrons. The fourth-order valence-electron chi connectivity index (χ4n) is 2.77. The summed E-state index contributed by atoms with van der Waals surface area (Å²) in [6, 6.07) is 0. The monoisotopic (exact) mass is 208 g/mol. The molecule has 2 aliphatic rings. The quantitative estimate of drug-likeness (QED) is 0.708. The SMILES string of the molecule is O=C(C1C=CCCC1)C1CCCCC1O. The normalized spacial score (nSPS) is 36.5. The van der Waals surface area contributed by atoms with Crippen LogP contribution < -0.4 is 0 Å². The van der Waals surface area contributed by atoms with Gasteiger partial charge in [-0.15, -0.1) is 0 Å². The molecule has 3 atom stereocenters. The zero-order valence-electron chi connectivity index (χ0n) is 9.19. The molecule has 0 heterocycles. The lowest BCUT2D eigenvalue weighted by Crippen LogP contribution is -2.35. The summed E-state index contributed by atoms with van der Waals surface area (Å²) in [4.78, 5) is 12.2. The molecule has 0 saturated heterocycles. The Kier molecular flexibility index (Phi) is 3.57. The van der Waals surface area contributed by atoms with E-state index in [9.17, 15) is 9.90 Å². The number of Topliss-reactive ketones (excluding diaryl/α,β-unsaturated/α-hetero) is 1. The molecule has 0 aromatic rings. The molecule has 1 N–H and O–H groups in total. The maximum Gasteiger partial charge on any atom is 0.145 e. The van der Waals surface area contributed by atoms with Crippen molar-refractivity contribution in [2.45, 2.75) is 51.0 Å². The molecule has 2 aliphatic carbocycles. The van der Waals surface area contributed by atoms with E-state index in [0.29, 0.717) is 0 Å². The van der Waals surface area contributed by atoms with E-state index in [1.165, 1.54) is 0 Å². The summed E-state index contributed by atoms with van der Waals surface area (Å²) >= 11 is 0. The Balaban J connectivity index is 1.99. The van der Waals surface area contributed by atoms with Crippen LogP contribution in [-0.2, 0) is 4.79 Å². The lowest BCUT2D eigenvalue weighted by Gasteiger charge is -2.29. The molecule has 0 spiro atoms. The van der Waals surface area contributed by atoms with Crippen molar-refractivity contribution in [1.29, 1.82) is 0 Å². The van der Waals surface area contributed by atoms with Gasteiger partial charge in [-0.1, -0.05) is 25.0 Å². The molecule has 0 aliphatic heterocycles. The third kappa shape index (κ3) is 2.49. The molecule has 15 heavy (non-hydrogen) atoms. The van der Waals surface area contributed by atoms with E-state index in [4.69, 9.17) is 0 Å². The van der Waals surface area contributed by atoms with E-state index in [1.807, 2.05) is 6.08 Å². The molecule has 0 amide bonds. The van der Waals surface area contributed by atoms with E-state index in [1.54, 1.807) is 0 Å². The van der Waals surface area contributed by atoms with Crippen molar-refractivity contribution < 1.29 is 9.90 Å². The second-order valence-electron chi connectivity index (χ2n) is 4.83. The Morgan fingerprint density at radius 2 is 1.93 bits per heavy atom. The van der Waals surface area contributed by atoms with Gasteiger partial charge in [-0.05, 0) is 32.1 Å². The number of ketones is 1. The first kappa shape index (κ1) is 10.9. The standard InChI is InChI=1S/C13H20O2/c14-12-9-5-4-8-11(12)13(15)10-6-2-1-3-7-10/h2,6,10-12,14H,1,3-5,7-9H2. The highest BCUT2D eigenvalue weighted by Gasteiger charge is 2.32. The highest BCUT2D eigenvalue weighted by atomic mass is 16.3. The van der Waals surface area contributed by atoms with E-state index in [0.717, 1.165) is 44.9 Å². The number of hydrogen-bond donors (Lipinski definition) is 1. The van der Waals surface area contributed by atoms with Crippen molar-refractivity contribution in [3.63, 3.8) is 0 Å². The molecule has 2 rings (SSSR count). The summed E-state index contributed by atoms with van der Waals surface area (Å²) in [6.45, 7) is 0. The fourth-order valence-corrected chi connectivity index (χ4v) is 2.77. The second-order valence-corrected chi connectivity index (χ2v) is 4.83. The van der Waals surface area contributed by atoms with Crippen molar-refractivity contribution in [3.8, 4) is 0 Å². The second kappa shape index (κ2) is 4.93. The van der Waals surface area contributed by atoms with Crippen molar-refractivity contribution >= 4 is 5.78 Å². The van der Waals surface area contributed by atoms with Crippen molar-refractivity contribution in [2.75, 3.05) is 0 Å². The molecule has 0 aromatic carbocycles. The summed E-state index contributed by atoms with van der Waals surface area (Å²) in [7, 11) is 0. The molecule has 2 nitrogen and oxygen atoms in total. The molecule has 0 bridgehead atoms. The number of allylic oxidation sites excluding steroid dienone is 2. The molecular weight excluding hydrogens is 188 g/mol. The van der Waals surface area contributed by atoms with Gasteiger partial charge >= 0.3 is 0 Å². The summed E-state index contributed by atoms with van der Waals surface area (Å²) < 4.78 is 0. The fraction of sp³-hybridized carbons (Fsp3) is 0.769. The average molecular weight is 208 g/mol. The van der Waals surface area contributed by atoms with Gasteiger partial charge in [-0.2, -0.15) is 0 Å². The van der Waals surface area contributed by atoms with Gasteiger partial charge in [0, 0.05) is 11.8 Å². The van der Waals surface area contributed by atoms with Crippen LogP contribution in [0.3, 0.4) is 0 Å². The van der Waals surface area contributed by atoms with E-state index >= 15 is 0 Å². The molecule has 1 saturated carbocycles. The number of carbonyl (C=O) groups is 1. The number of hydrogen-bond acceptors (Lipinski definition) is 2. The van der Waals surface area contributed by atoms with Gasteiger partial charge < -0.3 is 5.11 Å². The molecule has 3 unspecified atom stereocenters. The Morgan fingerprint density at radius 1 is 1.13 bits per heavy atom. The van der Waals surface area contributed by atoms with Crippen LogP contribution in [0.2, 0.25) is 0 Å². The third-order valence-corrected chi connectivity index (χ3v) is 3.71. The summed E-state index contributed by atoms with van der Waals surface area (Å²) in [5, 5.41) is 9.83. The number of aliphatic hydroxyl groups excluding tert-OH is 1. The van der Waals surface area contributed by atoms with Crippen molar-refractivity contribution in [3.05, 3.63) is 12.2 Å². The minimum Gasteiger partial charge on any atom is -0.392 e. The van der Waals surface area contributed by atoms with Crippen LogP contribution in [0.4, 0.5) is 0 Å². The first-order chi connectivity index (χ1) is 7.29. The van der Waals surface area contributed by atoms with Crippen molar-refractivity contribution in [1.82, 2.24) is 0 Å². The minimum atomic E-state index is -0.374. The third-order valence-electron chi connectivity index (χ3n) is 3.71. The largest absolute Gasteiger partial charge is 0.392 e. The molecule has 2 heteroatoms. The predicted octanol–water partition coefficient (Wildman–Crippen LogP) is 2.46. The molecule has 84 valence electrons. The smallest absolute Gasteiger partial charge is 0.145 e. The van der Waals surface area contributed by atoms with Gasteiger partial charge in [0.25, 0.3) is 0 Å². The minimum absolute atomic E-state index is 0.0773. The topological polar surface area (TPSA) is 37.3 Å². The van der Waals surface area contributed by atoms with Gasteiger partial charge in [0.15, 0.2) is 0 Å². The summed E-state index contributed by atoms with van der Waals surface area (Å²) in [5.74, 6) is 0.307. The van der Waals surface area contributed by atoms with Crippen LogP contribution in [0, 0.1) is 11.8 Å². The van der Waals surface area contributed by atoms with Gasteiger partial charge in [0.05, 0.1) is 6.10 Å². The zero-order chi connectivity index (χ0) is 10.7. The van der Waals surface area contributed by atoms with Gasteiger partial charge in [-0.3, -0.25) is 4.79 Å². The van der Waals surface area contributed by atoms with Crippen LogP contribution in [0.25, 0.3) is 0 Å². The van der Waals surface area contributed by atoms with E-state index < -0.39 is 0 Å². The van der Waals surface area contributed by atoms with Crippen molar-refractivity contribution in [2.24, 2.45) is 11.8 Å².